The van der Waals surface area contributed by atoms with E-state index in [-0.39, 0.29) is 11.1 Å². The molecule has 2 aromatic carbocycles. The summed E-state index contributed by atoms with van der Waals surface area (Å²) >= 11 is 6.79. The molecule has 0 aliphatic carbocycles. The minimum Gasteiger partial charge on any atom is -0.490 e. The van der Waals surface area contributed by atoms with Crippen molar-refractivity contribution in [3.8, 4) is 11.5 Å². The Kier molecular flexibility index (Phi) is 8.24. The number of amides is 2. The molecule has 0 aromatic heterocycles. The molecule has 1 aliphatic heterocycles. The first-order valence-corrected chi connectivity index (χ1v) is 12.2. The summed E-state index contributed by atoms with van der Waals surface area (Å²) in [5.41, 5.74) is 1.81. The van der Waals surface area contributed by atoms with E-state index in [4.69, 9.17) is 9.47 Å². The lowest BCUT2D eigenvalue weighted by Crippen LogP contribution is -2.28. The Hall–Kier alpha value is -1.52. The molecule has 0 atom stereocenters. The summed E-state index contributed by atoms with van der Waals surface area (Å²) in [7, 11) is 0. The number of thioether (sulfide) groups is 1. The van der Waals surface area contributed by atoms with Crippen LogP contribution >= 0.6 is 50.3 Å². The fourth-order valence-electron chi connectivity index (χ4n) is 2.88. The second-order valence-corrected chi connectivity index (χ2v) is 9.60. The normalized spacial score (nSPS) is 15.2. The van der Waals surface area contributed by atoms with Gasteiger partial charge < -0.3 is 9.47 Å². The molecule has 1 fully saturated rings. The van der Waals surface area contributed by atoms with Gasteiger partial charge in [0.1, 0.15) is 6.61 Å². The fraction of sp³-hybridized carbons (Fsp3) is 0.273. The van der Waals surface area contributed by atoms with Crippen LogP contribution in [0.15, 0.2) is 45.8 Å². The maximum Gasteiger partial charge on any atom is 0.293 e. The third kappa shape index (κ3) is 5.59. The number of halogens is 2. The Balaban J connectivity index is 1.85. The van der Waals surface area contributed by atoms with Crippen LogP contribution in [0.25, 0.3) is 6.08 Å². The lowest BCUT2D eigenvalue weighted by atomic mass is 10.1. The van der Waals surface area contributed by atoms with Crippen LogP contribution in [0.5, 0.6) is 11.5 Å². The third-order valence-corrected chi connectivity index (χ3v) is 6.46. The van der Waals surface area contributed by atoms with Crippen LogP contribution < -0.4 is 9.47 Å². The molecule has 1 saturated heterocycles. The molecule has 1 aliphatic rings. The van der Waals surface area contributed by atoms with Crippen molar-refractivity contribution >= 4 is 67.5 Å². The van der Waals surface area contributed by atoms with Gasteiger partial charge in [0.25, 0.3) is 11.1 Å². The molecule has 0 radical (unpaired) electrons. The number of hydrogen-bond donors (Lipinski definition) is 0. The quantitative estimate of drug-likeness (QED) is 0.256. The number of ether oxygens (including phenoxy) is 2. The van der Waals surface area contributed by atoms with E-state index in [1.165, 1.54) is 8.47 Å². The van der Waals surface area contributed by atoms with Crippen LogP contribution in [0.2, 0.25) is 0 Å². The highest BCUT2D eigenvalue weighted by atomic mass is 127. The van der Waals surface area contributed by atoms with Gasteiger partial charge in [-0.25, -0.2) is 0 Å². The van der Waals surface area contributed by atoms with E-state index in [9.17, 15) is 9.59 Å². The summed E-state index contributed by atoms with van der Waals surface area (Å²) in [4.78, 5) is 26.3. The van der Waals surface area contributed by atoms with Gasteiger partial charge in [-0.2, -0.15) is 0 Å². The zero-order valence-corrected chi connectivity index (χ0v) is 21.2. The number of hydrogen-bond acceptors (Lipinski definition) is 5. The first-order chi connectivity index (χ1) is 14.4. The lowest BCUT2D eigenvalue weighted by molar-refractivity contribution is -0.122. The SMILES string of the molecule is CCCN1C(=O)S/C(=C/c2cc(Br)c(OCc3ccc(I)cc3)c(OCC)c2)C1=O. The molecule has 5 nitrogen and oxygen atoms in total. The van der Waals surface area contributed by atoms with Crippen molar-refractivity contribution < 1.29 is 19.1 Å². The van der Waals surface area contributed by atoms with E-state index < -0.39 is 0 Å². The first kappa shape index (κ1) is 23.1. The molecular weight excluding hydrogens is 581 g/mol. The summed E-state index contributed by atoms with van der Waals surface area (Å²) in [5, 5.41) is -0.227. The highest BCUT2D eigenvalue weighted by Crippen LogP contribution is 2.39. The molecule has 1 heterocycles. The van der Waals surface area contributed by atoms with Gasteiger partial charge >= 0.3 is 0 Å². The van der Waals surface area contributed by atoms with Crippen molar-refractivity contribution in [3.63, 3.8) is 0 Å². The molecule has 3 rings (SSSR count). The summed E-state index contributed by atoms with van der Waals surface area (Å²) in [6.07, 6.45) is 2.45. The van der Waals surface area contributed by atoms with Crippen molar-refractivity contribution in [2.24, 2.45) is 0 Å². The average molecular weight is 602 g/mol. The second kappa shape index (κ2) is 10.7. The summed E-state index contributed by atoms with van der Waals surface area (Å²) in [6.45, 7) is 5.15. The summed E-state index contributed by atoms with van der Waals surface area (Å²) < 4.78 is 13.7. The molecule has 2 amide bonds. The fourth-order valence-corrected chi connectivity index (χ4v) is 4.68. The molecule has 2 aromatic rings. The molecule has 30 heavy (non-hydrogen) atoms. The lowest BCUT2D eigenvalue weighted by Gasteiger charge is -2.15. The van der Waals surface area contributed by atoms with Gasteiger partial charge in [-0.05, 0) is 105 Å². The zero-order valence-electron chi connectivity index (χ0n) is 16.6. The van der Waals surface area contributed by atoms with Gasteiger partial charge in [0.05, 0.1) is 16.0 Å². The van der Waals surface area contributed by atoms with Gasteiger partial charge in [-0.15, -0.1) is 0 Å². The van der Waals surface area contributed by atoms with Crippen LogP contribution in [-0.4, -0.2) is 29.2 Å². The van der Waals surface area contributed by atoms with Crippen LogP contribution in [0.4, 0.5) is 4.79 Å². The van der Waals surface area contributed by atoms with E-state index in [2.05, 4.69) is 38.5 Å². The standard InChI is InChI=1S/C22H21BrINO4S/c1-3-9-25-21(26)19(30-22(25)27)12-15-10-17(23)20(18(11-15)28-4-2)29-13-14-5-7-16(24)8-6-14/h5-8,10-12H,3-4,9,13H2,1-2H3/b19-12+. The predicted octanol–water partition coefficient (Wildman–Crippen LogP) is 6.48. The number of carbonyl (C=O) groups excluding carboxylic acids is 2. The zero-order chi connectivity index (χ0) is 21.7. The van der Waals surface area contributed by atoms with E-state index >= 15 is 0 Å². The highest BCUT2D eigenvalue weighted by Gasteiger charge is 2.34. The minimum atomic E-state index is -0.250. The van der Waals surface area contributed by atoms with Gasteiger partial charge in [0.15, 0.2) is 11.5 Å². The number of imide groups is 1. The van der Waals surface area contributed by atoms with Crippen molar-refractivity contribution in [1.82, 2.24) is 4.90 Å². The number of nitrogens with zero attached hydrogens (tertiary/aromatic N) is 1. The Morgan fingerprint density at radius 2 is 1.87 bits per heavy atom. The smallest absolute Gasteiger partial charge is 0.293 e. The molecule has 0 unspecified atom stereocenters. The van der Waals surface area contributed by atoms with Crippen LogP contribution in [0.3, 0.4) is 0 Å². The van der Waals surface area contributed by atoms with Crippen LogP contribution in [0, 0.1) is 3.57 Å². The Morgan fingerprint density at radius 1 is 1.13 bits per heavy atom. The monoisotopic (exact) mass is 601 g/mol. The topological polar surface area (TPSA) is 55.8 Å². The Labute approximate surface area is 202 Å². The van der Waals surface area contributed by atoms with Gasteiger partial charge in [0.2, 0.25) is 0 Å². The second-order valence-electron chi connectivity index (χ2n) is 6.51. The molecule has 0 saturated carbocycles. The third-order valence-electron chi connectivity index (χ3n) is 4.25. The Morgan fingerprint density at radius 3 is 2.53 bits per heavy atom. The van der Waals surface area contributed by atoms with E-state index in [0.29, 0.717) is 36.2 Å². The minimum absolute atomic E-state index is 0.227. The van der Waals surface area contributed by atoms with E-state index in [1.807, 2.05) is 50.2 Å². The highest BCUT2D eigenvalue weighted by molar-refractivity contribution is 14.1. The van der Waals surface area contributed by atoms with Gasteiger partial charge in [-0.3, -0.25) is 14.5 Å². The molecule has 8 heteroatoms. The molecular formula is C22H21BrINO4S. The molecule has 158 valence electrons. The van der Waals surface area contributed by atoms with Crippen LogP contribution in [0.1, 0.15) is 31.4 Å². The molecule has 0 bridgehead atoms. The van der Waals surface area contributed by atoms with Crippen LogP contribution in [-0.2, 0) is 11.4 Å². The largest absolute Gasteiger partial charge is 0.490 e. The van der Waals surface area contributed by atoms with Gasteiger partial charge in [-0.1, -0.05) is 19.1 Å². The number of rotatable bonds is 8. The van der Waals surface area contributed by atoms with Crippen molar-refractivity contribution in [2.45, 2.75) is 26.9 Å². The summed E-state index contributed by atoms with van der Waals surface area (Å²) in [6, 6.07) is 11.8. The maximum atomic E-state index is 12.5. The van der Waals surface area contributed by atoms with E-state index in [0.717, 1.165) is 33.8 Å². The number of benzene rings is 2. The average Bonchev–Trinajstić information content (AvgIpc) is 2.97. The molecule has 0 N–H and O–H groups in total. The van der Waals surface area contributed by atoms with Crippen molar-refractivity contribution in [1.29, 1.82) is 0 Å². The van der Waals surface area contributed by atoms with Gasteiger partial charge in [0, 0.05) is 10.1 Å². The number of carbonyl (C=O) groups is 2. The van der Waals surface area contributed by atoms with E-state index in [1.54, 1.807) is 6.08 Å². The van der Waals surface area contributed by atoms with Crippen molar-refractivity contribution in [3.05, 3.63) is 60.5 Å². The predicted molar refractivity (Wildman–Crippen MR) is 132 cm³/mol. The van der Waals surface area contributed by atoms with Crippen molar-refractivity contribution in [2.75, 3.05) is 13.2 Å². The molecule has 0 spiro atoms. The summed E-state index contributed by atoms with van der Waals surface area (Å²) in [5.74, 6) is 0.933. The Bertz CT molecular complexity index is 978. The first-order valence-electron chi connectivity index (χ1n) is 9.51. The maximum absolute atomic E-state index is 12.5.